The molecule has 4 rings (SSSR count). The fraction of sp³-hybridized carbons (Fsp3) is 0.167. The molecule has 0 saturated heterocycles. The van der Waals surface area contributed by atoms with Crippen LogP contribution >= 0.6 is 0 Å². The standard InChI is InChI=1S/C18H16N2O/c1-11-6-5-9-15-16(11)14(10-19-15)18(2)13-8-4-3-7-12(13)17(21)20-18/h3-10,19H,1-2H3,(H,20,21)/t18-/m1/s1. The summed E-state index contributed by atoms with van der Waals surface area (Å²) in [6.07, 6.45) is 2.01. The van der Waals surface area contributed by atoms with Gasteiger partial charge in [0, 0.05) is 28.2 Å². The fourth-order valence-corrected chi connectivity index (χ4v) is 3.45. The molecule has 1 aromatic heterocycles. The van der Waals surface area contributed by atoms with Crippen molar-refractivity contribution in [3.05, 3.63) is 70.9 Å². The number of aromatic nitrogens is 1. The first-order chi connectivity index (χ1) is 10.1. The maximum Gasteiger partial charge on any atom is 0.252 e. The number of carbonyl (C=O) groups excluding carboxylic acids is 1. The van der Waals surface area contributed by atoms with Crippen LogP contribution in [0.3, 0.4) is 0 Å². The van der Waals surface area contributed by atoms with Crippen LogP contribution in [0, 0.1) is 6.92 Å². The summed E-state index contributed by atoms with van der Waals surface area (Å²) >= 11 is 0. The largest absolute Gasteiger partial charge is 0.361 e. The molecular weight excluding hydrogens is 260 g/mol. The van der Waals surface area contributed by atoms with E-state index in [0.717, 1.165) is 22.2 Å². The van der Waals surface area contributed by atoms with Crippen LogP contribution in [0.25, 0.3) is 10.9 Å². The average Bonchev–Trinajstić information content (AvgIpc) is 3.02. The Hall–Kier alpha value is -2.55. The number of fused-ring (bicyclic) bond motifs is 2. The maximum atomic E-state index is 12.3. The van der Waals surface area contributed by atoms with Crippen molar-refractivity contribution in [1.82, 2.24) is 10.3 Å². The van der Waals surface area contributed by atoms with Gasteiger partial charge < -0.3 is 10.3 Å². The number of nitrogens with one attached hydrogen (secondary N) is 2. The zero-order valence-electron chi connectivity index (χ0n) is 12.0. The molecule has 0 aliphatic carbocycles. The van der Waals surface area contributed by atoms with E-state index in [1.807, 2.05) is 36.5 Å². The molecule has 1 atom stereocenters. The maximum absolute atomic E-state index is 12.3. The van der Waals surface area contributed by atoms with Crippen LogP contribution in [-0.2, 0) is 5.54 Å². The minimum absolute atomic E-state index is 0.00367. The van der Waals surface area contributed by atoms with Gasteiger partial charge in [0.1, 0.15) is 0 Å². The molecule has 0 spiro atoms. The van der Waals surface area contributed by atoms with Crippen LogP contribution in [0.1, 0.15) is 34.0 Å². The fourth-order valence-electron chi connectivity index (χ4n) is 3.45. The Morgan fingerprint density at radius 2 is 1.81 bits per heavy atom. The van der Waals surface area contributed by atoms with E-state index in [2.05, 4.69) is 36.3 Å². The number of aromatic amines is 1. The molecule has 0 saturated carbocycles. The molecule has 21 heavy (non-hydrogen) atoms. The number of H-pyrrole nitrogens is 1. The summed E-state index contributed by atoms with van der Waals surface area (Å²) in [4.78, 5) is 15.6. The van der Waals surface area contributed by atoms with E-state index in [9.17, 15) is 4.79 Å². The lowest BCUT2D eigenvalue weighted by molar-refractivity contribution is 0.0945. The van der Waals surface area contributed by atoms with E-state index in [1.54, 1.807) is 0 Å². The first-order valence-electron chi connectivity index (χ1n) is 7.10. The Kier molecular flexibility index (Phi) is 2.31. The van der Waals surface area contributed by atoms with Crippen molar-refractivity contribution in [2.45, 2.75) is 19.4 Å². The van der Waals surface area contributed by atoms with E-state index < -0.39 is 5.54 Å². The molecule has 2 aromatic carbocycles. The number of carbonyl (C=O) groups is 1. The van der Waals surface area contributed by atoms with Crippen LogP contribution in [-0.4, -0.2) is 10.9 Å². The van der Waals surface area contributed by atoms with Crippen LogP contribution in [0.2, 0.25) is 0 Å². The van der Waals surface area contributed by atoms with Gasteiger partial charge in [-0.05, 0) is 37.1 Å². The molecular formula is C18H16N2O. The highest BCUT2D eigenvalue weighted by Gasteiger charge is 2.41. The third kappa shape index (κ3) is 1.51. The summed E-state index contributed by atoms with van der Waals surface area (Å²) < 4.78 is 0. The third-order valence-corrected chi connectivity index (χ3v) is 4.53. The summed E-state index contributed by atoms with van der Waals surface area (Å²) in [5.74, 6) is -0.00367. The van der Waals surface area contributed by atoms with Crippen LogP contribution < -0.4 is 5.32 Å². The molecule has 104 valence electrons. The Morgan fingerprint density at radius 1 is 1.00 bits per heavy atom. The molecule has 2 heterocycles. The molecule has 1 aliphatic heterocycles. The number of aryl methyl sites for hydroxylation is 1. The minimum atomic E-state index is -0.488. The molecule has 1 amide bonds. The smallest absolute Gasteiger partial charge is 0.252 e. The lowest BCUT2D eigenvalue weighted by Crippen LogP contribution is -2.37. The van der Waals surface area contributed by atoms with Gasteiger partial charge in [0.25, 0.3) is 5.91 Å². The van der Waals surface area contributed by atoms with Gasteiger partial charge in [-0.15, -0.1) is 0 Å². The van der Waals surface area contributed by atoms with Gasteiger partial charge in [0.2, 0.25) is 0 Å². The monoisotopic (exact) mass is 276 g/mol. The van der Waals surface area contributed by atoms with Crippen molar-refractivity contribution >= 4 is 16.8 Å². The van der Waals surface area contributed by atoms with Crippen molar-refractivity contribution in [2.75, 3.05) is 0 Å². The second kappa shape index (κ2) is 3.98. The summed E-state index contributed by atoms with van der Waals surface area (Å²) in [7, 11) is 0. The molecule has 0 radical (unpaired) electrons. The highest BCUT2D eigenvalue weighted by molar-refractivity contribution is 6.02. The molecule has 3 heteroatoms. The quantitative estimate of drug-likeness (QED) is 0.702. The normalized spacial score (nSPS) is 20.6. The Morgan fingerprint density at radius 3 is 2.67 bits per heavy atom. The number of rotatable bonds is 1. The average molecular weight is 276 g/mol. The minimum Gasteiger partial charge on any atom is -0.361 e. The highest BCUT2D eigenvalue weighted by Crippen LogP contribution is 2.40. The van der Waals surface area contributed by atoms with Crippen LogP contribution in [0.15, 0.2) is 48.7 Å². The summed E-state index contributed by atoms with van der Waals surface area (Å²) in [6, 6.07) is 14.0. The van der Waals surface area contributed by atoms with Crippen molar-refractivity contribution in [3.63, 3.8) is 0 Å². The number of hydrogen-bond acceptors (Lipinski definition) is 1. The zero-order chi connectivity index (χ0) is 14.6. The molecule has 3 aromatic rings. The van der Waals surface area contributed by atoms with E-state index in [-0.39, 0.29) is 5.91 Å². The van der Waals surface area contributed by atoms with E-state index >= 15 is 0 Å². The predicted molar refractivity (Wildman–Crippen MR) is 83.4 cm³/mol. The van der Waals surface area contributed by atoms with Gasteiger partial charge in [0.05, 0.1) is 5.54 Å². The predicted octanol–water partition coefficient (Wildman–Crippen LogP) is 3.48. The van der Waals surface area contributed by atoms with Crippen molar-refractivity contribution in [1.29, 1.82) is 0 Å². The van der Waals surface area contributed by atoms with Crippen LogP contribution in [0.5, 0.6) is 0 Å². The van der Waals surface area contributed by atoms with E-state index in [4.69, 9.17) is 0 Å². The summed E-state index contributed by atoms with van der Waals surface area (Å²) in [5, 5.41) is 4.35. The molecule has 0 fully saturated rings. The summed E-state index contributed by atoms with van der Waals surface area (Å²) in [6.45, 7) is 4.18. The van der Waals surface area contributed by atoms with Crippen LogP contribution in [0.4, 0.5) is 0 Å². The van der Waals surface area contributed by atoms with E-state index in [1.165, 1.54) is 10.9 Å². The highest BCUT2D eigenvalue weighted by atomic mass is 16.2. The topological polar surface area (TPSA) is 44.9 Å². The number of amides is 1. The number of benzene rings is 2. The SMILES string of the molecule is Cc1cccc2[nH]cc([C@]3(C)NC(=O)c4ccccc43)c12. The molecule has 0 unspecified atom stereocenters. The first-order valence-corrected chi connectivity index (χ1v) is 7.10. The third-order valence-electron chi connectivity index (χ3n) is 4.53. The summed E-state index contributed by atoms with van der Waals surface area (Å²) in [5.41, 5.74) is 4.75. The second-order valence-electron chi connectivity index (χ2n) is 5.82. The van der Waals surface area contributed by atoms with Gasteiger partial charge >= 0.3 is 0 Å². The molecule has 0 bridgehead atoms. The Bertz CT molecular complexity index is 878. The van der Waals surface area contributed by atoms with Crippen molar-refractivity contribution < 1.29 is 4.79 Å². The second-order valence-corrected chi connectivity index (χ2v) is 5.82. The van der Waals surface area contributed by atoms with Gasteiger partial charge in [-0.2, -0.15) is 0 Å². The van der Waals surface area contributed by atoms with Gasteiger partial charge in [-0.3, -0.25) is 4.79 Å². The molecule has 3 nitrogen and oxygen atoms in total. The Labute approximate surface area is 123 Å². The van der Waals surface area contributed by atoms with Gasteiger partial charge in [0.15, 0.2) is 0 Å². The van der Waals surface area contributed by atoms with E-state index in [0.29, 0.717) is 0 Å². The Balaban J connectivity index is 2.04. The molecule has 2 N–H and O–H groups in total. The van der Waals surface area contributed by atoms with Gasteiger partial charge in [-0.25, -0.2) is 0 Å². The lowest BCUT2D eigenvalue weighted by atomic mass is 9.84. The van der Waals surface area contributed by atoms with Crippen molar-refractivity contribution in [2.24, 2.45) is 0 Å². The van der Waals surface area contributed by atoms with Crippen molar-refractivity contribution in [3.8, 4) is 0 Å². The lowest BCUT2D eigenvalue weighted by Gasteiger charge is -2.26. The molecule has 1 aliphatic rings. The number of hydrogen-bond donors (Lipinski definition) is 2. The first kappa shape index (κ1) is 12.2. The zero-order valence-corrected chi connectivity index (χ0v) is 12.0. The van der Waals surface area contributed by atoms with Gasteiger partial charge in [-0.1, -0.05) is 30.3 Å².